The number of hydrogen-bond acceptors (Lipinski definition) is 3. The van der Waals surface area contributed by atoms with Crippen LogP contribution in [0.25, 0.3) is 0 Å². The first-order chi connectivity index (χ1) is 6.81. The molecule has 0 saturated heterocycles. The van der Waals surface area contributed by atoms with Crippen LogP contribution >= 0.6 is 0 Å². The van der Waals surface area contributed by atoms with Crippen LogP contribution in [0.1, 0.15) is 25.5 Å². The SMILES string of the molecule is CC(C(=O)O)c1cnnn1CC(C)(F)F. The molecule has 15 heavy (non-hydrogen) atoms. The molecule has 0 fully saturated rings. The van der Waals surface area contributed by atoms with E-state index >= 15 is 0 Å². The van der Waals surface area contributed by atoms with Crippen molar-refractivity contribution in [1.82, 2.24) is 15.0 Å². The van der Waals surface area contributed by atoms with Gasteiger partial charge in [-0.15, -0.1) is 5.10 Å². The molecule has 0 aliphatic carbocycles. The highest BCUT2D eigenvalue weighted by Gasteiger charge is 2.27. The Labute approximate surface area is 84.7 Å². The predicted octanol–water partition coefficient (Wildman–Crippen LogP) is 1.12. The van der Waals surface area contributed by atoms with E-state index < -0.39 is 24.4 Å². The lowest BCUT2D eigenvalue weighted by atomic mass is 10.1. The summed E-state index contributed by atoms with van der Waals surface area (Å²) in [5, 5.41) is 15.6. The molecule has 0 bridgehead atoms. The van der Waals surface area contributed by atoms with Gasteiger partial charge in [0.1, 0.15) is 6.54 Å². The topological polar surface area (TPSA) is 68.0 Å². The summed E-state index contributed by atoms with van der Waals surface area (Å²) in [7, 11) is 0. The minimum absolute atomic E-state index is 0.170. The first kappa shape index (κ1) is 11.5. The minimum Gasteiger partial charge on any atom is -0.481 e. The zero-order chi connectivity index (χ0) is 11.6. The van der Waals surface area contributed by atoms with Crippen LogP contribution in [-0.4, -0.2) is 32.0 Å². The van der Waals surface area contributed by atoms with Crippen LogP contribution in [0.2, 0.25) is 0 Å². The zero-order valence-electron chi connectivity index (χ0n) is 8.31. The van der Waals surface area contributed by atoms with Gasteiger partial charge in [-0.3, -0.25) is 4.79 Å². The van der Waals surface area contributed by atoms with Crippen LogP contribution in [0.5, 0.6) is 0 Å². The van der Waals surface area contributed by atoms with Crippen molar-refractivity contribution in [3.63, 3.8) is 0 Å². The van der Waals surface area contributed by atoms with E-state index in [2.05, 4.69) is 10.3 Å². The number of alkyl halides is 2. The highest BCUT2D eigenvalue weighted by Crippen LogP contribution is 2.19. The molecule has 1 heterocycles. The number of rotatable bonds is 4. The van der Waals surface area contributed by atoms with Crippen molar-refractivity contribution in [3.8, 4) is 0 Å². The van der Waals surface area contributed by atoms with Gasteiger partial charge in [0.2, 0.25) is 0 Å². The van der Waals surface area contributed by atoms with Gasteiger partial charge in [0, 0.05) is 6.92 Å². The van der Waals surface area contributed by atoms with E-state index in [1.165, 1.54) is 13.1 Å². The van der Waals surface area contributed by atoms with Gasteiger partial charge in [-0.1, -0.05) is 5.21 Å². The number of aliphatic carboxylic acids is 1. The normalized spacial score (nSPS) is 13.9. The standard InChI is InChI=1S/C8H11F2N3O2/c1-5(7(14)15)6-3-11-12-13(6)4-8(2,9)10/h3,5H,4H2,1-2H3,(H,14,15). The summed E-state index contributed by atoms with van der Waals surface area (Å²) in [4.78, 5) is 10.7. The Bertz CT molecular complexity index is 359. The molecule has 1 N–H and O–H groups in total. The molecule has 0 aliphatic heterocycles. The van der Waals surface area contributed by atoms with Crippen molar-refractivity contribution in [2.75, 3.05) is 0 Å². The highest BCUT2D eigenvalue weighted by atomic mass is 19.3. The van der Waals surface area contributed by atoms with Crippen LogP contribution < -0.4 is 0 Å². The molecule has 0 saturated carbocycles. The second-order valence-corrected chi connectivity index (χ2v) is 3.45. The fourth-order valence-electron chi connectivity index (χ4n) is 1.11. The molecule has 7 heteroatoms. The van der Waals surface area contributed by atoms with E-state index in [0.717, 1.165) is 11.6 Å². The summed E-state index contributed by atoms with van der Waals surface area (Å²) in [5.41, 5.74) is 0.170. The second kappa shape index (κ2) is 3.92. The Balaban J connectivity index is 2.92. The fraction of sp³-hybridized carbons (Fsp3) is 0.625. The predicted molar refractivity (Wildman–Crippen MR) is 46.7 cm³/mol. The summed E-state index contributed by atoms with van der Waals surface area (Å²) in [6, 6.07) is 0. The number of carbonyl (C=O) groups is 1. The molecular formula is C8H11F2N3O2. The maximum absolute atomic E-state index is 12.7. The molecule has 5 nitrogen and oxygen atoms in total. The number of nitrogens with zero attached hydrogens (tertiary/aromatic N) is 3. The van der Waals surface area contributed by atoms with Crippen LogP contribution in [0.3, 0.4) is 0 Å². The molecule has 0 aliphatic rings. The quantitative estimate of drug-likeness (QED) is 0.823. The number of carboxylic acids is 1. The van der Waals surface area contributed by atoms with Crippen LogP contribution in [0.15, 0.2) is 6.20 Å². The summed E-state index contributed by atoms with van der Waals surface area (Å²) in [6.07, 6.45) is 1.19. The highest BCUT2D eigenvalue weighted by molar-refractivity contribution is 5.74. The molecule has 0 radical (unpaired) electrons. The number of aromatic nitrogens is 3. The average molecular weight is 219 g/mol. The average Bonchev–Trinajstić information content (AvgIpc) is 2.47. The monoisotopic (exact) mass is 219 g/mol. The van der Waals surface area contributed by atoms with Gasteiger partial charge in [-0.2, -0.15) is 0 Å². The third-order valence-electron chi connectivity index (χ3n) is 1.89. The zero-order valence-corrected chi connectivity index (χ0v) is 8.31. The van der Waals surface area contributed by atoms with E-state index in [9.17, 15) is 13.6 Å². The van der Waals surface area contributed by atoms with E-state index in [1.807, 2.05) is 0 Å². The maximum Gasteiger partial charge on any atom is 0.312 e. The van der Waals surface area contributed by atoms with Gasteiger partial charge in [0.05, 0.1) is 17.8 Å². The third-order valence-corrected chi connectivity index (χ3v) is 1.89. The summed E-state index contributed by atoms with van der Waals surface area (Å²) in [5.74, 6) is -4.94. The largest absolute Gasteiger partial charge is 0.481 e. The molecule has 0 spiro atoms. The molecule has 0 aromatic carbocycles. The summed E-state index contributed by atoms with van der Waals surface area (Å²) >= 11 is 0. The van der Waals surface area contributed by atoms with Crippen molar-refractivity contribution < 1.29 is 18.7 Å². The van der Waals surface area contributed by atoms with Gasteiger partial charge in [-0.25, -0.2) is 13.5 Å². The van der Waals surface area contributed by atoms with E-state index in [4.69, 9.17) is 5.11 Å². The summed E-state index contributed by atoms with van der Waals surface area (Å²) in [6.45, 7) is 1.47. The van der Waals surface area contributed by atoms with Crippen LogP contribution in [-0.2, 0) is 11.3 Å². The van der Waals surface area contributed by atoms with Gasteiger partial charge < -0.3 is 5.11 Å². The lowest BCUT2D eigenvalue weighted by Crippen LogP contribution is -2.23. The van der Waals surface area contributed by atoms with Crippen molar-refractivity contribution >= 4 is 5.97 Å². The van der Waals surface area contributed by atoms with Gasteiger partial charge in [0.15, 0.2) is 0 Å². The van der Waals surface area contributed by atoms with Crippen molar-refractivity contribution in [2.24, 2.45) is 0 Å². The lowest BCUT2D eigenvalue weighted by molar-refractivity contribution is -0.138. The van der Waals surface area contributed by atoms with Crippen LogP contribution in [0, 0.1) is 0 Å². The van der Waals surface area contributed by atoms with Crippen molar-refractivity contribution in [2.45, 2.75) is 32.2 Å². The molecular weight excluding hydrogens is 208 g/mol. The first-order valence-corrected chi connectivity index (χ1v) is 4.30. The molecule has 0 amide bonds. The smallest absolute Gasteiger partial charge is 0.312 e. The number of halogens is 2. The Morgan fingerprint density at radius 1 is 1.73 bits per heavy atom. The van der Waals surface area contributed by atoms with Gasteiger partial charge >= 0.3 is 5.97 Å². The minimum atomic E-state index is -2.94. The van der Waals surface area contributed by atoms with E-state index in [1.54, 1.807) is 0 Å². The van der Waals surface area contributed by atoms with Gasteiger partial charge in [-0.05, 0) is 6.92 Å². The Hall–Kier alpha value is -1.53. The number of hydrogen-bond donors (Lipinski definition) is 1. The fourth-order valence-corrected chi connectivity index (χ4v) is 1.11. The first-order valence-electron chi connectivity index (χ1n) is 4.30. The molecule has 1 rings (SSSR count). The van der Waals surface area contributed by atoms with Crippen molar-refractivity contribution in [1.29, 1.82) is 0 Å². The van der Waals surface area contributed by atoms with E-state index in [0.29, 0.717) is 0 Å². The Kier molecular flexibility index (Phi) is 3.01. The molecule has 1 aromatic heterocycles. The Morgan fingerprint density at radius 3 is 2.80 bits per heavy atom. The second-order valence-electron chi connectivity index (χ2n) is 3.45. The molecule has 1 unspecified atom stereocenters. The van der Waals surface area contributed by atoms with Crippen molar-refractivity contribution in [3.05, 3.63) is 11.9 Å². The molecule has 1 aromatic rings. The maximum atomic E-state index is 12.7. The van der Waals surface area contributed by atoms with Crippen LogP contribution in [0.4, 0.5) is 8.78 Å². The Morgan fingerprint density at radius 2 is 2.33 bits per heavy atom. The third kappa shape index (κ3) is 2.97. The lowest BCUT2D eigenvalue weighted by Gasteiger charge is -2.13. The van der Waals surface area contributed by atoms with E-state index in [-0.39, 0.29) is 5.69 Å². The summed E-state index contributed by atoms with van der Waals surface area (Å²) < 4.78 is 26.3. The number of carboxylic acid groups (broad SMARTS) is 1. The van der Waals surface area contributed by atoms with Gasteiger partial charge in [0.25, 0.3) is 5.92 Å². The molecule has 84 valence electrons. The molecule has 1 atom stereocenters.